The van der Waals surface area contributed by atoms with Crippen LogP contribution in [0.3, 0.4) is 0 Å². The molecule has 1 saturated heterocycles. The lowest BCUT2D eigenvalue weighted by atomic mass is 9.48. The van der Waals surface area contributed by atoms with Crippen molar-refractivity contribution in [1.82, 2.24) is 9.80 Å². The minimum Gasteiger partial charge on any atom is -0.504 e. The number of rotatable bonds is 3. The van der Waals surface area contributed by atoms with E-state index in [1.54, 1.807) is 18.2 Å². The summed E-state index contributed by atoms with van der Waals surface area (Å²) in [5.74, 6) is -0.156. The number of imide groups is 1. The van der Waals surface area contributed by atoms with Crippen LogP contribution < -0.4 is 4.74 Å². The third kappa shape index (κ3) is 2.29. The van der Waals surface area contributed by atoms with Crippen molar-refractivity contribution in [1.29, 1.82) is 0 Å². The molecular weight excluding hydrogens is 444 g/mol. The number of piperidine rings is 1. The number of aryl methyl sites for hydroxylation is 1. The number of benzene rings is 2. The van der Waals surface area contributed by atoms with Gasteiger partial charge in [0.05, 0.1) is 28.2 Å². The lowest BCUT2D eigenvalue weighted by Gasteiger charge is -2.64. The minimum atomic E-state index is -1.10. The molecule has 0 aromatic heterocycles. The number of carbonyl (C=O) groups is 2. The summed E-state index contributed by atoms with van der Waals surface area (Å²) in [6.45, 7) is 7.17. The zero-order chi connectivity index (χ0) is 24.3. The highest BCUT2D eigenvalue weighted by atomic mass is 16.5. The average Bonchev–Trinajstić information content (AvgIpc) is 3.31. The van der Waals surface area contributed by atoms with E-state index in [0.717, 1.165) is 23.2 Å². The molecule has 2 aromatic rings. The van der Waals surface area contributed by atoms with E-state index in [9.17, 15) is 19.8 Å². The zero-order valence-corrected chi connectivity index (χ0v) is 19.7. The first-order valence-corrected chi connectivity index (χ1v) is 12.4. The van der Waals surface area contributed by atoms with Crippen molar-refractivity contribution in [2.45, 2.75) is 61.8 Å². The third-order valence-electron chi connectivity index (χ3n) is 9.39. The molecule has 5 aliphatic rings. The Kier molecular flexibility index (Phi) is 4.07. The molecule has 2 bridgehead atoms. The zero-order valence-electron chi connectivity index (χ0n) is 19.7. The molecule has 3 aliphatic heterocycles. The molecule has 2 amide bonds. The van der Waals surface area contributed by atoms with E-state index in [2.05, 4.69) is 11.5 Å². The molecule has 5 atom stereocenters. The van der Waals surface area contributed by atoms with Crippen LogP contribution in [0.5, 0.6) is 11.5 Å². The number of aromatic hydroxyl groups is 1. The van der Waals surface area contributed by atoms with Gasteiger partial charge in [0.1, 0.15) is 6.10 Å². The Balaban J connectivity index is 1.40. The summed E-state index contributed by atoms with van der Waals surface area (Å²) in [6.07, 6.45) is 3.39. The van der Waals surface area contributed by atoms with Gasteiger partial charge in [-0.25, -0.2) is 0 Å². The summed E-state index contributed by atoms with van der Waals surface area (Å²) in [5, 5.41) is 23.3. The van der Waals surface area contributed by atoms with Gasteiger partial charge in [-0.2, -0.15) is 0 Å². The quantitative estimate of drug-likeness (QED) is 0.528. The maximum absolute atomic E-state index is 13.6. The van der Waals surface area contributed by atoms with Gasteiger partial charge in [0.2, 0.25) is 0 Å². The largest absolute Gasteiger partial charge is 0.504 e. The molecule has 1 unspecified atom stereocenters. The molecule has 1 saturated carbocycles. The van der Waals surface area contributed by atoms with Crippen molar-refractivity contribution in [3.8, 4) is 11.5 Å². The van der Waals surface area contributed by atoms with E-state index in [-0.39, 0.29) is 23.6 Å². The number of hydrogen-bond acceptors (Lipinski definition) is 6. The van der Waals surface area contributed by atoms with Gasteiger partial charge in [-0.05, 0) is 62.4 Å². The van der Waals surface area contributed by atoms with Gasteiger partial charge in [-0.1, -0.05) is 24.3 Å². The monoisotopic (exact) mass is 472 g/mol. The topological polar surface area (TPSA) is 90.3 Å². The number of likely N-dealkylation sites (tertiary alicyclic amines) is 1. The molecular formula is C28H28N2O5. The summed E-state index contributed by atoms with van der Waals surface area (Å²) < 4.78 is 6.53. The Bertz CT molecular complexity index is 1340. The Labute approximate surface area is 203 Å². The molecule has 180 valence electrons. The Morgan fingerprint density at radius 3 is 2.80 bits per heavy atom. The van der Waals surface area contributed by atoms with Crippen LogP contribution in [0.25, 0.3) is 0 Å². The highest BCUT2D eigenvalue weighted by molar-refractivity contribution is 6.22. The standard InChI is InChI=1S/C28H28N2O5/c1-3-12-29-13-11-27-22-16-7-8-19(31)23(22)35-24(27)18(9-10-28(27,34)20(29)14-16)30-25(32)17-6-4-5-15(2)21(17)26(30)33/h3-8,18,20,24,31,34H,1,9-14H2,2H3/t18-,20+,24-,27-,28?/m0/s1. The second-order valence-corrected chi connectivity index (χ2v) is 10.7. The number of amides is 2. The van der Waals surface area contributed by atoms with Gasteiger partial charge in [0.15, 0.2) is 11.5 Å². The van der Waals surface area contributed by atoms with Gasteiger partial charge < -0.3 is 14.9 Å². The maximum atomic E-state index is 13.6. The lowest BCUT2D eigenvalue weighted by molar-refractivity contribution is -0.194. The van der Waals surface area contributed by atoms with E-state index in [0.29, 0.717) is 49.1 Å². The molecule has 0 radical (unpaired) electrons. The van der Waals surface area contributed by atoms with Crippen LogP contribution in [-0.2, 0) is 11.8 Å². The highest BCUT2D eigenvalue weighted by Crippen LogP contribution is 2.66. The summed E-state index contributed by atoms with van der Waals surface area (Å²) in [6, 6.07) is 8.27. The predicted molar refractivity (Wildman–Crippen MR) is 128 cm³/mol. The fourth-order valence-electron chi connectivity index (χ4n) is 8.03. The van der Waals surface area contributed by atoms with Crippen LogP contribution in [0, 0.1) is 6.92 Å². The summed E-state index contributed by atoms with van der Waals surface area (Å²) in [5.41, 5.74) is 1.69. The first kappa shape index (κ1) is 21.1. The van der Waals surface area contributed by atoms with Crippen molar-refractivity contribution in [2.24, 2.45) is 0 Å². The predicted octanol–water partition coefficient (Wildman–Crippen LogP) is 2.71. The number of fused-ring (bicyclic) bond motifs is 1. The van der Waals surface area contributed by atoms with E-state index in [1.165, 1.54) is 4.90 Å². The van der Waals surface area contributed by atoms with Crippen LogP contribution in [0.2, 0.25) is 0 Å². The fraction of sp³-hybridized carbons (Fsp3) is 0.429. The van der Waals surface area contributed by atoms with Crippen molar-refractivity contribution < 1.29 is 24.5 Å². The van der Waals surface area contributed by atoms with Crippen molar-refractivity contribution in [3.63, 3.8) is 0 Å². The molecule has 3 heterocycles. The van der Waals surface area contributed by atoms with Crippen LogP contribution >= 0.6 is 0 Å². The first-order chi connectivity index (χ1) is 16.8. The van der Waals surface area contributed by atoms with Crippen LogP contribution in [0.15, 0.2) is 43.0 Å². The second-order valence-electron chi connectivity index (χ2n) is 10.7. The van der Waals surface area contributed by atoms with Crippen molar-refractivity contribution in [3.05, 3.63) is 70.8 Å². The van der Waals surface area contributed by atoms with Gasteiger partial charge in [0.25, 0.3) is 11.8 Å². The van der Waals surface area contributed by atoms with E-state index in [4.69, 9.17) is 4.74 Å². The maximum Gasteiger partial charge on any atom is 0.262 e. The van der Waals surface area contributed by atoms with Gasteiger partial charge in [-0.15, -0.1) is 6.58 Å². The molecule has 2 N–H and O–H groups in total. The fourth-order valence-corrected chi connectivity index (χ4v) is 8.03. The van der Waals surface area contributed by atoms with Crippen LogP contribution in [0.4, 0.5) is 0 Å². The van der Waals surface area contributed by atoms with Gasteiger partial charge >= 0.3 is 0 Å². The molecule has 1 spiro atoms. The summed E-state index contributed by atoms with van der Waals surface area (Å²) >= 11 is 0. The third-order valence-corrected chi connectivity index (χ3v) is 9.39. The van der Waals surface area contributed by atoms with Crippen LogP contribution in [-0.4, -0.2) is 68.7 Å². The SMILES string of the molecule is C=CCN1CC[C@]23c4c5ccc(O)c4O[C@H]2[C@@H](N2C(=O)c4cccc(C)c4C2=O)CCC3(O)[C@H]1C5. The van der Waals surface area contributed by atoms with Crippen molar-refractivity contribution >= 4 is 11.8 Å². The second kappa shape index (κ2) is 6.74. The number of hydrogen-bond donors (Lipinski definition) is 2. The Hall–Kier alpha value is -3.16. The Morgan fingerprint density at radius 2 is 2.03 bits per heavy atom. The lowest BCUT2D eigenvalue weighted by Crippen LogP contribution is -2.78. The summed E-state index contributed by atoms with van der Waals surface area (Å²) in [4.78, 5) is 30.8. The first-order valence-electron chi connectivity index (χ1n) is 12.4. The number of aliphatic hydroxyl groups is 1. The normalized spacial score (nSPS) is 34.5. The van der Waals surface area contributed by atoms with E-state index < -0.39 is 23.2 Å². The number of ether oxygens (including phenoxy) is 1. The van der Waals surface area contributed by atoms with E-state index in [1.807, 2.05) is 25.1 Å². The minimum absolute atomic E-state index is 0.0406. The number of carbonyl (C=O) groups excluding carboxylic acids is 2. The van der Waals surface area contributed by atoms with Gasteiger partial charge in [-0.3, -0.25) is 19.4 Å². The van der Waals surface area contributed by atoms with Crippen LogP contribution in [0.1, 0.15) is 56.7 Å². The smallest absolute Gasteiger partial charge is 0.262 e. The molecule has 7 rings (SSSR count). The molecule has 7 heteroatoms. The number of phenolic OH excluding ortho intramolecular Hbond substituents is 1. The highest BCUT2D eigenvalue weighted by Gasteiger charge is 2.74. The molecule has 2 aliphatic carbocycles. The average molecular weight is 473 g/mol. The summed E-state index contributed by atoms with van der Waals surface area (Å²) in [7, 11) is 0. The van der Waals surface area contributed by atoms with E-state index >= 15 is 0 Å². The molecule has 35 heavy (non-hydrogen) atoms. The Morgan fingerprint density at radius 1 is 1.20 bits per heavy atom. The number of nitrogens with zero attached hydrogens (tertiary/aromatic N) is 2. The van der Waals surface area contributed by atoms with Gasteiger partial charge in [0, 0.05) is 18.2 Å². The van der Waals surface area contributed by atoms with Crippen molar-refractivity contribution in [2.75, 3.05) is 13.1 Å². The molecule has 2 aromatic carbocycles. The molecule has 2 fully saturated rings. The number of phenols is 1. The molecule has 7 nitrogen and oxygen atoms in total.